The summed E-state index contributed by atoms with van der Waals surface area (Å²) in [5.74, 6) is 0.617. The van der Waals surface area contributed by atoms with Crippen LogP contribution in [0.3, 0.4) is 0 Å². The number of aryl methyl sites for hydroxylation is 2. The number of hydrogen-bond acceptors (Lipinski definition) is 4. The van der Waals surface area contributed by atoms with Gasteiger partial charge in [0.1, 0.15) is 5.75 Å². The highest BCUT2D eigenvalue weighted by Crippen LogP contribution is 2.28. The molecule has 7 heteroatoms. The second-order valence-corrected chi connectivity index (χ2v) is 7.69. The Hall–Kier alpha value is -2.89. The molecule has 0 N–H and O–H groups in total. The van der Waals surface area contributed by atoms with Crippen LogP contribution < -0.4 is 10.3 Å². The molecule has 0 aliphatic heterocycles. The molecule has 0 amide bonds. The Morgan fingerprint density at radius 3 is 2.43 bits per heavy atom. The summed E-state index contributed by atoms with van der Waals surface area (Å²) in [5.41, 5.74) is 2.43. The summed E-state index contributed by atoms with van der Waals surface area (Å²) in [6.45, 7) is 0.459. The van der Waals surface area contributed by atoms with Crippen molar-refractivity contribution in [3.05, 3.63) is 98.1 Å². The summed E-state index contributed by atoms with van der Waals surface area (Å²) in [6.07, 6.45) is 4.19. The first kappa shape index (κ1) is 20.4. The highest BCUT2D eigenvalue weighted by molar-refractivity contribution is 6.35. The number of hydrogen-bond donors (Lipinski definition) is 0. The van der Waals surface area contributed by atoms with Gasteiger partial charge in [0.15, 0.2) is 0 Å². The molecule has 0 aliphatic carbocycles. The van der Waals surface area contributed by atoms with Gasteiger partial charge in [-0.25, -0.2) is 4.68 Å². The maximum absolute atomic E-state index is 13.1. The van der Waals surface area contributed by atoms with Crippen molar-refractivity contribution in [2.24, 2.45) is 0 Å². The second-order valence-electron chi connectivity index (χ2n) is 6.88. The summed E-state index contributed by atoms with van der Waals surface area (Å²) in [6, 6.07) is 15.4. The molecule has 0 radical (unpaired) electrons. The fourth-order valence-electron chi connectivity index (χ4n) is 3.40. The van der Waals surface area contributed by atoms with E-state index in [0.717, 1.165) is 22.2 Å². The van der Waals surface area contributed by atoms with E-state index in [1.54, 1.807) is 25.6 Å². The number of pyridine rings is 1. The normalized spacial score (nSPS) is 11.0. The average molecular weight is 440 g/mol. The van der Waals surface area contributed by atoms with Gasteiger partial charge < -0.3 is 4.74 Å². The molecule has 2 heterocycles. The van der Waals surface area contributed by atoms with Crippen molar-refractivity contribution in [1.82, 2.24) is 14.8 Å². The van der Waals surface area contributed by atoms with E-state index in [1.807, 2.05) is 42.5 Å². The monoisotopic (exact) mass is 439 g/mol. The molecule has 0 saturated heterocycles. The predicted molar refractivity (Wildman–Crippen MR) is 120 cm³/mol. The van der Waals surface area contributed by atoms with Crippen LogP contribution >= 0.6 is 23.2 Å². The third-order valence-corrected chi connectivity index (χ3v) is 5.65. The third kappa shape index (κ3) is 4.18. The van der Waals surface area contributed by atoms with Crippen molar-refractivity contribution in [3.8, 4) is 5.75 Å². The highest BCUT2D eigenvalue weighted by Gasteiger charge is 2.15. The van der Waals surface area contributed by atoms with Crippen LogP contribution in [0.15, 0.2) is 65.7 Å². The summed E-state index contributed by atoms with van der Waals surface area (Å²) in [7, 11) is 1.58. The van der Waals surface area contributed by atoms with Crippen molar-refractivity contribution in [2.45, 2.75) is 19.4 Å². The zero-order valence-corrected chi connectivity index (χ0v) is 17.8. The fourth-order valence-corrected chi connectivity index (χ4v) is 3.90. The van der Waals surface area contributed by atoms with Crippen LogP contribution in [0.2, 0.25) is 10.0 Å². The van der Waals surface area contributed by atoms with Gasteiger partial charge in [0.2, 0.25) is 0 Å². The van der Waals surface area contributed by atoms with Crippen LogP contribution in [-0.4, -0.2) is 21.9 Å². The molecule has 4 rings (SSSR count). The summed E-state index contributed by atoms with van der Waals surface area (Å²) in [5, 5.41) is 6.91. The van der Waals surface area contributed by atoms with Gasteiger partial charge in [-0.1, -0.05) is 53.5 Å². The number of fused-ring (bicyclic) bond motifs is 1. The maximum atomic E-state index is 13.1. The van der Waals surface area contributed by atoms with E-state index in [1.165, 1.54) is 4.68 Å². The lowest BCUT2D eigenvalue weighted by molar-refractivity contribution is 0.415. The quantitative estimate of drug-likeness (QED) is 0.426. The first-order chi connectivity index (χ1) is 14.6. The van der Waals surface area contributed by atoms with Gasteiger partial charge >= 0.3 is 0 Å². The molecule has 0 saturated carbocycles. The van der Waals surface area contributed by atoms with E-state index in [9.17, 15) is 4.79 Å². The zero-order valence-electron chi connectivity index (χ0n) is 16.3. The van der Waals surface area contributed by atoms with Gasteiger partial charge in [0.25, 0.3) is 5.56 Å². The Bertz CT molecular complexity index is 1240. The minimum atomic E-state index is -0.157. The standard InChI is InChI=1S/C23H19Cl2N3O2/c1-30-16-7-8-17-18(11-16)23(29)28(10-9-15-5-3-2-4-6-15)27-22(17)12-19-20(24)13-26-14-21(19)25/h2-8,11,13-14H,9-10,12H2,1H3. The Morgan fingerprint density at radius 2 is 1.73 bits per heavy atom. The first-order valence-corrected chi connectivity index (χ1v) is 10.2. The van der Waals surface area contributed by atoms with Crippen molar-refractivity contribution >= 4 is 34.0 Å². The van der Waals surface area contributed by atoms with Gasteiger partial charge in [-0.15, -0.1) is 0 Å². The minimum Gasteiger partial charge on any atom is -0.497 e. The van der Waals surface area contributed by atoms with Crippen LogP contribution in [0, 0.1) is 0 Å². The second kappa shape index (κ2) is 8.86. The van der Waals surface area contributed by atoms with Crippen molar-refractivity contribution in [3.63, 3.8) is 0 Å². The molecular formula is C23H19Cl2N3O2. The van der Waals surface area contributed by atoms with E-state index >= 15 is 0 Å². The first-order valence-electron chi connectivity index (χ1n) is 9.46. The molecule has 30 heavy (non-hydrogen) atoms. The van der Waals surface area contributed by atoms with Crippen LogP contribution in [0.1, 0.15) is 16.8 Å². The topological polar surface area (TPSA) is 57.0 Å². The lowest BCUT2D eigenvalue weighted by atomic mass is 10.0. The number of methoxy groups -OCH3 is 1. The molecule has 0 aliphatic rings. The Balaban J connectivity index is 1.81. The Kier molecular flexibility index (Phi) is 6.02. The number of rotatable bonds is 6. The smallest absolute Gasteiger partial charge is 0.274 e. The summed E-state index contributed by atoms with van der Waals surface area (Å²) < 4.78 is 6.83. The largest absolute Gasteiger partial charge is 0.497 e. The molecule has 2 aromatic carbocycles. The minimum absolute atomic E-state index is 0.157. The number of nitrogens with zero attached hydrogens (tertiary/aromatic N) is 3. The lowest BCUT2D eigenvalue weighted by Gasteiger charge is -2.13. The van der Waals surface area contributed by atoms with E-state index in [0.29, 0.717) is 40.6 Å². The molecule has 0 unspecified atom stereocenters. The fraction of sp³-hybridized carbons (Fsp3) is 0.174. The maximum Gasteiger partial charge on any atom is 0.274 e. The van der Waals surface area contributed by atoms with Gasteiger partial charge in [-0.2, -0.15) is 5.10 Å². The number of halogens is 2. The molecule has 0 fully saturated rings. The average Bonchev–Trinajstić information content (AvgIpc) is 2.77. The number of benzene rings is 2. The van der Waals surface area contributed by atoms with E-state index < -0.39 is 0 Å². The van der Waals surface area contributed by atoms with Gasteiger partial charge in [0, 0.05) is 30.7 Å². The molecule has 2 aromatic heterocycles. The van der Waals surface area contributed by atoms with Crippen molar-refractivity contribution in [1.29, 1.82) is 0 Å². The van der Waals surface area contributed by atoms with Crippen LogP contribution in [0.25, 0.3) is 10.8 Å². The molecule has 0 atom stereocenters. The molecule has 4 aromatic rings. The predicted octanol–water partition coefficient (Wildman–Crippen LogP) is 4.94. The van der Waals surface area contributed by atoms with E-state index in [4.69, 9.17) is 27.9 Å². The van der Waals surface area contributed by atoms with Crippen molar-refractivity contribution < 1.29 is 4.74 Å². The lowest BCUT2D eigenvalue weighted by Crippen LogP contribution is -2.26. The SMILES string of the molecule is COc1ccc2c(Cc3c(Cl)cncc3Cl)nn(CCc3ccccc3)c(=O)c2c1. The van der Waals surface area contributed by atoms with Gasteiger partial charge in [0.05, 0.1) is 28.2 Å². The molecule has 5 nitrogen and oxygen atoms in total. The van der Waals surface area contributed by atoms with Gasteiger partial charge in [-0.05, 0) is 35.7 Å². The van der Waals surface area contributed by atoms with Gasteiger partial charge in [-0.3, -0.25) is 9.78 Å². The van der Waals surface area contributed by atoms with Crippen LogP contribution in [0.4, 0.5) is 0 Å². The van der Waals surface area contributed by atoms with Crippen LogP contribution in [-0.2, 0) is 19.4 Å². The number of aromatic nitrogens is 3. The van der Waals surface area contributed by atoms with Crippen molar-refractivity contribution in [2.75, 3.05) is 7.11 Å². The van der Waals surface area contributed by atoms with E-state index in [-0.39, 0.29) is 5.56 Å². The van der Waals surface area contributed by atoms with E-state index in [2.05, 4.69) is 10.1 Å². The molecule has 0 bridgehead atoms. The Labute approximate surface area is 183 Å². The third-order valence-electron chi connectivity index (χ3n) is 5.00. The summed E-state index contributed by atoms with van der Waals surface area (Å²) in [4.78, 5) is 17.1. The molecular weight excluding hydrogens is 421 g/mol. The summed E-state index contributed by atoms with van der Waals surface area (Å²) >= 11 is 12.7. The van der Waals surface area contributed by atoms with Crippen LogP contribution in [0.5, 0.6) is 5.75 Å². The highest BCUT2D eigenvalue weighted by atomic mass is 35.5. The zero-order chi connectivity index (χ0) is 21.1. The molecule has 152 valence electrons. The Morgan fingerprint density at radius 1 is 1.00 bits per heavy atom. The molecule has 0 spiro atoms. The number of ether oxygens (including phenoxy) is 1.